The Bertz CT molecular complexity index is 1000. The summed E-state index contributed by atoms with van der Waals surface area (Å²) in [7, 11) is -2.34. The Morgan fingerprint density at radius 3 is 2.34 bits per heavy atom. The zero-order valence-electron chi connectivity index (χ0n) is 17.1. The third-order valence-corrected chi connectivity index (χ3v) is 7.11. The number of benzene rings is 1. The van der Waals surface area contributed by atoms with Gasteiger partial charge in [-0.2, -0.15) is 13.5 Å². The number of anilines is 1. The van der Waals surface area contributed by atoms with Gasteiger partial charge in [0.2, 0.25) is 5.91 Å². The summed E-state index contributed by atoms with van der Waals surface area (Å²) in [6.07, 6.45) is 9.35. The Balaban J connectivity index is 0.00000240. The van der Waals surface area contributed by atoms with Crippen LogP contribution in [0.5, 0.6) is 0 Å². The second-order valence-electron chi connectivity index (χ2n) is 7.49. The first-order valence-corrected chi connectivity index (χ1v) is 11.1. The number of amides is 1. The zero-order valence-corrected chi connectivity index (χ0v) is 19.9. The van der Waals surface area contributed by atoms with Gasteiger partial charge in [0.05, 0.1) is 18.3 Å². The number of rotatable bonds is 6. The molecule has 0 radical (unpaired) electrons. The van der Waals surface area contributed by atoms with Crippen LogP contribution in [0.1, 0.15) is 40.7 Å². The molecule has 150 valence electrons. The van der Waals surface area contributed by atoms with Crippen molar-refractivity contribution in [1.82, 2.24) is 14.5 Å². The van der Waals surface area contributed by atoms with Crippen molar-refractivity contribution in [3.63, 3.8) is 0 Å². The van der Waals surface area contributed by atoms with Crippen molar-refractivity contribution in [2.24, 2.45) is 7.05 Å². The molecule has 1 N–H and O–H groups in total. The molecule has 2 aromatic rings. The molecule has 2 aliphatic carbocycles. The van der Waals surface area contributed by atoms with E-state index in [1.54, 1.807) is 13.2 Å². The van der Waals surface area contributed by atoms with Crippen molar-refractivity contribution >= 4 is 21.8 Å². The number of carbonyl (C=O) groups excluding carboxylic acids is 1. The largest absolute Gasteiger partial charge is 1.00 e. The molecule has 0 atom stereocenters. The van der Waals surface area contributed by atoms with Crippen molar-refractivity contribution in [3.8, 4) is 0 Å². The predicted molar refractivity (Wildman–Crippen MR) is 107 cm³/mol. The molecule has 1 aromatic carbocycles. The molecule has 0 bridgehead atoms. The van der Waals surface area contributed by atoms with Crippen LogP contribution in [0.3, 0.4) is 0 Å². The number of aromatic nitrogens is 2. The van der Waals surface area contributed by atoms with Crippen LogP contribution < -0.4 is 38.6 Å². The molecule has 0 fully saturated rings. The Kier molecular flexibility index (Phi) is 6.77. The van der Waals surface area contributed by atoms with Gasteiger partial charge in [-0.1, -0.05) is 12.6 Å². The van der Waals surface area contributed by atoms with Gasteiger partial charge in [-0.25, -0.2) is 4.72 Å². The van der Waals surface area contributed by atoms with E-state index in [1.165, 1.54) is 33.1 Å². The van der Waals surface area contributed by atoms with Crippen LogP contribution in [0, 0.1) is 6.92 Å². The fourth-order valence-corrected chi connectivity index (χ4v) is 5.55. The van der Waals surface area contributed by atoms with E-state index in [4.69, 9.17) is 0 Å². The Morgan fingerprint density at radius 1 is 1.21 bits per heavy atom. The van der Waals surface area contributed by atoms with Crippen LogP contribution >= 0.6 is 0 Å². The predicted octanol–water partition coefficient (Wildman–Crippen LogP) is -1.35. The van der Waals surface area contributed by atoms with E-state index >= 15 is 0 Å². The molecule has 0 saturated heterocycles. The normalized spacial score (nSPS) is 14.8. The standard InChI is InChI=1S/C20H25N4O3S.Na/c1-3-24(16-12-21-23(2)13-16)28(26,27)22-20(25)11-19-17-8-4-6-14(17)10-15-7-5-9-18(15)19;/h10,12-13H,1,3-9,11H2,2H3,(H,22,25);/q-1;+1. The summed E-state index contributed by atoms with van der Waals surface area (Å²) < 4.78 is 30.3. The molecule has 1 aromatic heterocycles. The molecule has 0 saturated carbocycles. The molecule has 9 heteroatoms. The van der Waals surface area contributed by atoms with Gasteiger partial charge in [-0.15, -0.1) is 0 Å². The third-order valence-electron chi connectivity index (χ3n) is 5.65. The summed E-state index contributed by atoms with van der Waals surface area (Å²) in [6.45, 7) is 3.64. The molecule has 1 amide bonds. The van der Waals surface area contributed by atoms with Gasteiger partial charge in [0.15, 0.2) is 0 Å². The first-order valence-electron chi connectivity index (χ1n) is 9.65. The summed E-state index contributed by atoms with van der Waals surface area (Å²) in [5.41, 5.74) is 6.61. The van der Waals surface area contributed by atoms with Crippen LogP contribution in [0.4, 0.5) is 5.69 Å². The number of hydrogen-bond donors (Lipinski definition) is 1. The average Bonchev–Trinajstić information content (AvgIpc) is 3.35. The second-order valence-corrected chi connectivity index (χ2v) is 9.08. The molecular formula is C20H25N4NaO3S. The fourth-order valence-electron chi connectivity index (χ4n) is 4.47. The van der Waals surface area contributed by atoms with Gasteiger partial charge >= 0.3 is 39.8 Å². The second kappa shape index (κ2) is 8.79. The van der Waals surface area contributed by atoms with Gasteiger partial charge in [0.1, 0.15) is 0 Å². The molecule has 0 spiro atoms. The summed E-state index contributed by atoms with van der Waals surface area (Å²) in [5, 5.41) is 3.99. The SMILES string of the molecule is [CH2-]CN(c1cnn(C)c1)S(=O)(=O)NC(=O)Cc1c2c(cc3c1CCC3)CCC2.[Na+]. The minimum absolute atomic E-state index is 0. The van der Waals surface area contributed by atoms with E-state index in [9.17, 15) is 13.2 Å². The fraction of sp³-hybridized carbons (Fsp3) is 0.450. The topological polar surface area (TPSA) is 84.3 Å². The minimum Gasteiger partial charge on any atom is -0.323 e. The maximum Gasteiger partial charge on any atom is 1.00 e. The molecule has 0 unspecified atom stereocenters. The van der Waals surface area contributed by atoms with Gasteiger partial charge in [0, 0.05) is 13.2 Å². The van der Waals surface area contributed by atoms with Crippen LogP contribution in [0.15, 0.2) is 18.5 Å². The summed E-state index contributed by atoms with van der Waals surface area (Å²) in [5.74, 6) is -0.503. The van der Waals surface area contributed by atoms with Crippen LogP contribution in [-0.4, -0.2) is 30.7 Å². The van der Waals surface area contributed by atoms with Crippen molar-refractivity contribution < 1.29 is 42.8 Å². The quantitative estimate of drug-likeness (QED) is 0.459. The first kappa shape index (κ1) is 22.3. The molecule has 29 heavy (non-hydrogen) atoms. The minimum atomic E-state index is -4.04. The molecule has 4 rings (SSSR count). The van der Waals surface area contributed by atoms with Crippen LogP contribution in [0.2, 0.25) is 0 Å². The summed E-state index contributed by atoms with van der Waals surface area (Å²) in [4.78, 5) is 12.7. The third kappa shape index (κ3) is 4.40. The maximum absolute atomic E-state index is 12.8. The first-order chi connectivity index (χ1) is 13.4. The van der Waals surface area contributed by atoms with E-state index in [2.05, 4.69) is 22.8 Å². The Labute approximate surface area is 194 Å². The molecule has 0 aliphatic heterocycles. The van der Waals surface area contributed by atoms with Crippen molar-refractivity contribution in [2.75, 3.05) is 10.8 Å². The number of carbonyl (C=O) groups is 1. The maximum atomic E-state index is 12.8. The molecule has 2 aliphatic rings. The number of nitrogens with one attached hydrogen (secondary N) is 1. The Morgan fingerprint density at radius 2 is 1.83 bits per heavy atom. The molecule has 1 heterocycles. The molecule has 7 nitrogen and oxygen atoms in total. The van der Waals surface area contributed by atoms with Gasteiger partial charge in [0.25, 0.3) is 0 Å². The summed E-state index contributed by atoms with van der Waals surface area (Å²) >= 11 is 0. The van der Waals surface area contributed by atoms with Crippen molar-refractivity contribution in [2.45, 2.75) is 44.9 Å². The van der Waals surface area contributed by atoms with Crippen LogP contribution in [-0.2, 0) is 54.2 Å². The van der Waals surface area contributed by atoms with E-state index in [1.807, 2.05) is 0 Å². The summed E-state index contributed by atoms with van der Waals surface area (Å²) in [6, 6.07) is 2.30. The van der Waals surface area contributed by atoms with Crippen molar-refractivity contribution in [3.05, 3.63) is 53.2 Å². The van der Waals surface area contributed by atoms with Gasteiger partial charge in [-0.05, 0) is 66.3 Å². The Hall–Kier alpha value is -1.35. The van der Waals surface area contributed by atoms with E-state index < -0.39 is 16.1 Å². The monoisotopic (exact) mass is 424 g/mol. The van der Waals surface area contributed by atoms with Crippen LogP contribution in [0.25, 0.3) is 0 Å². The van der Waals surface area contributed by atoms with Crippen molar-refractivity contribution in [1.29, 1.82) is 0 Å². The number of aryl methyl sites for hydroxylation is 3. The molecular weight excluding hydrogens is 399 g/mol. The average molecular weight is 425 g/mol. The van der Waals surface area contributed by atoms with Gasteiger partial charge < -0.3 is 6.92 Å². The van der Waals surface area contributed by atoms with E-state index in [0.29, 0.717) is 5.69 Å². The van der Waals surface area contributed by atoms with Gasteiger partial charge in [-0.3, -0.25) is 13.8 Å². The zero-order chi connectivity index (χ0) is 19.9. The number of fused-ring (bicyclic) bond motifs is 2. The number of hydrogen-bond acceptors (Lipinski definition) is 4. The van der Waals surface area contributed by atoms with E-state index in [0.717, 1.165) is 48.4 Å². The smallest absolute Gasteiger partial charge is 0.323 e. The number of nitrogens with zero attached hydrogens (tertiary/aromatic N) is 3. The van der Waals surface area contributed by atoms with E-state index in [-0.39, 0.29) is 42.5 Å².